The molecule has 138 valence electrons. The van der Waals surface area contributed by atoms with Crippen LogP contribution in [0.1, 0.15) is 35.0 Å². The fourth-order valence-corrected chi connectivity index (χ4v) is 3.74. The summed E-state index contributed by atoms with van der Waals surface area (Å²) >= 11 is 0. The van der Waals surface area contributed by atoms with Crippen LogP contribution in [0.5, 0.6) is 0 Å². The Morgan fingerprint density at radius 1 is 1.15 bits per heavy atom. The van der Waals surface area contributed by atoms with E-state index in [4.69, 9.17) is 4.74 Å². The molecule has 1 aliphatic rings. The third kappa shape index (κ3) is 3.45. The number of carbonyl (C=O) groups is 2. The van der Waals surface area contributed by atoms with Gasteiger partial charge in [0.15, 0.2) is 0 Å². The molecular weight excluding hydrogens is 340 g/mol. The summed E-state index contributed by atoms with van der Waals surface area (Å²) < 4.78 is 4.98. The molecule has 1 atom stereocenters. The van der Waals surface area contributed by atoms with E-state index in [9.17, 15) is 9.59 Å². The van der Waals surface area contributed by atoms with Gasteiger partial charge in [-0.15, -0.1) is 0 Å². The number of carbonyl (C=O) groups excluding carboxylic acids is 2. The normalized spacial score (nSPS) is 16.0. The van der Waals surface area contributed by atoms with Crippen molar-refractivity contribution in [2.45, 2.75) is 26.2 Å². The summed E-state index contributed by atoms with van der Waals surface area (Å²) in [5, 5.41) is 4.19. The van der Waals surface area contributed by atoms with Crippen LogP contribution in [0.4, 0.5) is 5.69 Å². The summed E-state index contributed by atoms with van der Waals surface area (Å²) in [7, 11) is 0. The molecule has 4 rings (SSSR count). The molecule has 0 saturated carbocycles. The van der Waals surface area contributed by atoms with Crippen LogP contribution in [0.25, 0.3) is 10.9 Å². The van der Waals surface area contributed by atoms with Gasteiger partial charge >= 0.3 is 5.97 Å². The predicted octanol–water partition coefficient (Wildman–Crippen LogP) is 4.09. The smallest absolute Gasteiger partial charge is 0.338 e. The molecule has 1 aromatic heterocycles. The molecule has 0 radical (unpaired) electrons. The number of hydrogen-bond acceptors (Lipinski definition) is 3. The monoisotopic (exact) mass is 362 g/mol. The molecule has 0 saturated heterocycles. The molecule has 5 nitrogen and oxygen atoms in total. The number of rotatable bonds is 4. The van der Waals surface area contributed by atoms with Crippen molar-refractivity contribution in [3.8, 4) is 0 Å². The number of hydrogen-bond donors (Lipinski definition) is 2. The Bertz CT molecular complexity index is 988. The van der Waals surface area contributed by atoms with Gasteiger partial charge in [-0.3, -0.25) is 4.79 Å². The molecule has 1 unspecified atom stereocenters. The van der Waals surface area contributed by atoms with Gasteiger partial charge in [-0.25, -0.2) is 4.79 Å². The van der Waals surface area contributed by atoms with Crippen LogP contribution in [-0.2, 0) is 22.4 Å². The lowest BCUT2D eigenvalue weighted by atomic mass is 9.86. The Morgan fingerprint density at radius 3 is 2.70 bits per heavy atom. The number of esters is 1. The van der Waals surface area contributed by atoms with Gasteiger partial charge in [-0.1, -0.05) is 18.2 Å². The van der Waals surface area contributed by atoms with E-state index in [1.165, 1.54) is 16.6 Å². The van der Waals surface area contributed by atoms with E-state index >= 15 is 0 Å². The number of fused-ring (bicyclic) bond motifs is 3. The second-order valence-electron chi connectivity index (χ2n) is 6.85. The average molecular weight is 362 g/mol. The van der Waals surface area contributed by atoms with Gasteiger partial charge in [0.05, 0.1) is 12.2 Å². The second-order valence-corrected chi connectivity index (χ2v) is 6.85. The molecule has 1 heterocycles. The van der Waals surface area contributed by atoms with Crippen LogP contribution in [0.15, 0.2) is 48.5 Å². The van der Waals surface area contributed by atoms with Gasteiger partial charge in [0.1, 0.15) is 0 Å². The first-order chi connectivity index (χ1) is 13.2. The number of para-hydroxylation sites is 1. The fraction of sp³-hybridized carbons (Fsp3) is 0.273. The van der Waals surface area contributed by atoms with Crippen molar-refractivity contribution in [2.75, 3.05) is 11.9 Å². The Labute approximate surface area is 157 Å². The van der Waals surface area contributed by atoms with E-state index in [1.54, 1.807) is 31.2 Å². The first-order valence-corrected chi connectivity index (χ1v) is 9.32. The summed E-state index contributed by atoms with van der Waals surface area (Å²) in [5.74, 6) is -0.384. The van der Waals surface area contributed by atoms with Crippen molar-refractivity contribution in [2.24, 2.45) is 5.92 Å². The maximum Gasteiger partial charge on any atom is 0.338 e. The highest BCUT2D eigenvalue weighted by Crippen LogP contribution is 2.32. The summed E-state index contributed by atoms with van der Waals surface area (Å²) in [4.78, 5) is 27.9. The molecule has 0 aliphatic heterocycles. The summed E-state index contributed by atoms with van der Waals surface area (Å²) in [5.41, 5.74) is 4.82. The van der Waals surface area contributed by atoms with E-state index in [2.05, 4.69) is 22.4 Å². The lowest BCUT2D eigenvalue weighted by Crippen LogP contribution is -2.28. The third-order valence-electron chi connectivity index (χ3n) is 5.13. The third-order valence-corrected chi connectivity index (χ3v) is 5.13. The molecular formula is C22H22N2O3. The minimum atomic E-state index is -0.352. The highest BCUT2D eigenvalue weighted by atomic mass is 16.5. The van der Waals surface area contributed by atoms with Crippen LogP contribution < -0.4 is 5.32 Å². The number of anilines is 1. The Morgan fingerprint density at radius 2 is 1.93 bits per heavy atom. The zero-order valence-corrected chi connectivity index (χ0v) is 15.2. The van der Waals surface area contributed by atoms with Gasteiger partial charge in [0, 0.05) is 28.2 Å². The summed E-state index contributed by atoms with van der Waals surface area (Å²) in [6.45, 7) is 2.12. The first kappa shape index (κ1) is 17.3. The fourth-order valence-electron chi connectivity index (χ4n) is 3.74. The molecule has 0 fully saturated rings. The van der Waals surface area contributed by atoms with E-state index in [-0.39, 0.29) is 17.8 Å². The van der Waals surface area contributed by atoms with E-state index in [0.29, 0.717) is 17.9 Å². The molecule has 2 aromatic carbocycles. The van der Waals surface area contributed by atoms with Gasteiger partial charge in [0.25, 0.3) is 0 Å². The lowest BCUT2D eigenvalue weighted by molar-refractivity contribution is -0.120. The molecule has 5 heteroatoms. The Hall–Kier alpha value is -3.08. The standard InChI is InChI=1S/C22H22N2O3/c1-2-27-22(26)14-7-10-16(11-8-14)23-21(25)15-9-12-20-18(13-15)17-5-3-4-6-19(17)24-20/h3-8,10-11,15,24H,2,9,12-13H2,1H3,(H,23,25). The molecule has 3 aromatic rings. The zero-order valence-electron chi connectivity index (χ0n) is 15.2. The number of benzene rings is 2. The number of amides is 1. The maximum absolute atomic E-state index is 12.7. The number of aromatic amines is 1. The van der Waals surface area contributed by atoms with Gasteiger partial charge in [0.2, 0.25) is 5.91 Å². The largest absolute Gasteiger partial charge is 0.462 e. The number of H-pyrrole nitrogens is 1. The van der Waals surface area contributed by atoms with E-state index in [0.717, 1.165) is 24.8 Å². The van der Waals surface area contributed by atoms with Crippen molar-refractivity contribution >= 4 is 28.5 Å². The highest BCUT2D eigenvalue weighted by molar-refractivity contribution is 5.95. The average Bonchev–Trinajstić information content (AvgIpc) is 3.06. The molecule has 27 heavy (non-hydrogen) atoms. The lowest BCUT2D eigenvalue weighted by Gasteiger charge is -2.22. The molecule has 1 amide bonds. The molecule has 1 aliphatic carbocycles. The second kappa shape index (κ2) is 7.27. The Kier molecular flexibility index (Phi) is 4.67. The van der Waals surface area contributed by atoms with Crippen LogP contribution in [0, 0.1) is 5.92 Å². The summed E-state index contributed by atoms with van der Waals surface area (Å²) in [6.07, 6.45) is 2.45. The van der Waals surface area contributed by atoms with E-state index in [1.807, 2.05) is 12.1 Å². The Balaban J connectivity index is 1.45. The van der Waals surface area contributed by atoms with Crippen molar-refractivity contribution in [3.05, 3.63) is 65.4 Å². The number of nitrogens with one attached hydrogen (secondary N) is 2. The predicted molar refractivity (Wildman–Crippen MR) is 105 cm³/mol. The minimum absolute atomic E-state index is 0.0230. The number of aromatic nitrogens is 1. The van der Waals surface area contributed by atoms with Crippen molar-refractivity contribution < 1.29 is 14.3 Å². The van der Waals surface area contributed by atoms with Crippen molar-refractivity contribution in [1.29, 1.82) is 0 Å². The zero-order chi connectivity index (χ0) is 18.8. The maximum atomic E-state index is 12.7. The van der Waals surface area contributed by atoms with Crippen molar-refractivity contribution in [3.63, 3.8) is 0 Å². The van der Waals surface area contributed by atoms with Crippen LogP contribution >= 0.6 is 0 Å². The highest BCUT2D eigenvalue weighted by Gasteiger charge is 2.27. The van der Waals surface area contributed by atoms with Gasteiger partial charge < -0.3 is 15.0 Å². The molecule has 0 bridgehead atoms. The SMILES string of the molecule is CCOC(=O)c1ccc(NC(=O)C2CCc3[nH]c4ccccc4c3C2)cc1. The topological polar surface area (TPSA) is 71.2 Å². The molecule has 0 spiro atoms. The first-order valence-electron chi connectivity index (χ1n) is 9.32. The summed E-state index contributed by atoms with van der Waals surface area (Å²) in [6, 6.07) is 15.1. The van der Waals surface area contributed by atoms with Crippen LogP contribution in [-0.4, -0.2) is 23.5 Å². The number of ether oxygens (including phenoxy) is 1. The number of aryl methyl sites for hydroxylation is 1. The van der Waals surface area contributed by atoms with Gasteiger partial charge in [-0.05, 0) is 62.1 Å². The van der Waals surface area contributed by atoms with Crippen LogP contribution in [0.2, 0.25) is 0 Å². The van der Waals surface area contributed by atoms with Crippen molar-refractivity contribution in [1.82, 2.24) is 4.98 Å². The van der Waals surface area contributed by atoms with Gasteiger partial charge in [-0.2, -0.15) is 0 Å². The van der Waals surface area contributed by atoms with E-state index < -0.39 is 0 Å². The minimum Gasteiger partial charge on any atom is -0.462 e. The molecule has 2 N–H and O–H groups in total. The quantitative estimate of drug-likeness (QED) is 0.687. The van der Waals surface area contributed by atoms with Crippen LogP contribution in [0.3, 0.4) is 0 Å².